The van der Waals surface area contributed by atoms with Crippen molar-refractivity contribution in [2.45, 2.75) is 26.3 Å². The Labute approximate surface area is 137 Å². The summed E-state index contributed by atoms with van der Waals surface area (Å²) in [6, 6.07) is 5.50. The standard InChI is InChI=1S/C14H23FN2O4S2/c1-3-4-11-23(20,21)16-9-10-17(22(2,18)19)12-13-5-7-14(15)8-6-13/h5-8,16H,3-4,9-12H2,1-2H3. The molecule has 1 aromatic rings. The lowest BCUT2D eigenvalue weighted by molar-refractivity contribution is 0.412. The van der Waals surface area contributed by atoms with Crippen LogP contribution < -0.4 is 4.72 Å². The molecule has 0 heterocycles. The molecule has 23 heavy (non-hydrogen) atoms. The van der Waals surface area contributed by atoms with Gasteiger partial charge in [-0.1, -0.05) is 25.5 Å². The van der Waals surface area contributed by atoms with Crippen molar-refractivity contribution in [1.82, 2.24) is 9.03 Å². The van der Waals surface area contributed by atoms with Crippen molar-refractivity contribution >= 4 is 20.0 Å². The lowest BCUT2D eigenvalue weighted by Gasteiger charge is -2.20. The number of sulfonamides is 2. The van der Waals surface area contributed by atoms with E-state index in [0.717, 1.165) is 17.0 Å². The first-order chi connectivity index (χ1) is 10.6. The highest BCUT2D eigenvalue weighted by atomic mass is 32.2. The average molecular weight is 366 g/mol. The molecule has 9 heteroatoms. The monoisotopic (exact) mass is 366 g/mol. The maximum absolute atomic E-state index is 12.9. The highest BCUT2D eigenvalue weighted by Crippen LogP contribution is 2.09. The van der Waals surface area contributed by atoms with Crippen LogP contribution in [0, 0.1) is 5.82 Å². The predicted molar refractivity (Wildman–Crippen MR) is 88.4 cm³/mol. The zero-order valence-corrected chi connectivity index (χ0v) is 15.0. The molecule has 132 valence electrons. The normalized spacial score (nSPS) is 12.7. The van der Waals surface area contributed by atoms with Gasteiger partial charge in [0.05, 0.1) is 12.0 Å². The molecule has 1 aromatic carbocycles. The summed E-state index contributed by atoms with van der Waals surface area (Å²) in [5, 5.41) is 0. The van der Waals surface area contributed by atoms with Crippen LogP contribution in [0.25, 0.3) is 0 Å². The molecule has 0 unspecified atom stereocenters. The zero-order valence-electron chi connectivity index (χ0n) is 13.3. The number of hydrogen-bond donors (Lipinski definition) is 1. The van der Waals surface area contributed by atoms with Gasteiger partial charge in [-0.05, 0) is 24.1 Å². The van der Waals surface area contributed by atoms with Crippen molar-refractivity contribution in [3.8, 4) is 0 Å². The molecular weight excluding hydrogens is 343 g/mol. The summed E-state index contributed by atoms with van der Waals surface area (Å²) in [5.74, 6) is -0.372. The van der Waals surface area contributed by atoms with E-state index >= 15 is 0 Å². The predicted octanol–water partition coefficient (Wildman–Crippen LogP) is 1.31. The van der Waals surface area contributed by atoms with E-state index in [1.807, 2.05) is 6.92 Å². The van der Waals surface area contributed by atoms with Gasteiger partial charge in [0.2, 0.25) is 20.0 Å². The Morgan fingerprint density at radius 1 is 1.13 bits per heavy atom. The van der Waals surface area contributed by atoms with E-state index in [-0.39, 0.29) is 25.4 Å². The number of nitrogens with zero attached hydrogens (tertiary/aromatic N) is 1. The molecule has 0 radical (unpaired) electrons. The number of benzene rings is 1. The van der Waals surface area contributed by atoms with E-state index in [0.29, 0.717) is 12.0 Å². The van der Waals surface area contributed by atoms with Gasteiger partial charge >= 0.3 is 0 Å². The molecule has 0 aliphatic carbocycles. The Morgan fingerprint density at radius 3 is 2.26 bits per heavy atom. The zero-order chi connectivity index (χ0) is 17.5. The lowest BCUT2D eigenvalue weighted by Crippen LogP contribution is -2.38. The van der Waals surface area contributed by atoms with Crippen LogP contribution in [0.15, 0.2) is 24.3 Å². The number of halogens is 1. The van der Waals surface area contributed by atoms with Gasteiger partial charge in [0.15, 0.2) is 0 Å². The average Bonchev–Trinajstić information content (AvgIpc) is 2.45. The summed E-state index contributed by atoms with van der Waals surface area (Å²) in [4.78, 5) is 0. The van der Waals surface area contributed by atoms with Gasteiger partial charge in [-0.15, -0.1) is 0 Å². The Morgan fingerprint density at radius 2 is 1.74 bits per heavy atom. The number of hydrogen-bond acceptors (Lipinski definition) is 4. The smallest absolute Gasteiger partial charge is 0.211 e. The van der Waals surface area contributed by atoms with Crippen LogP contribution in [0.1, 0.15) is 25.3 Å². The van der Waals surface area contributed by atoms with Crippen LogP contribution >= 0.6 is 0 Å². The van der Waals surface area contributed by atoms with Crippen molar-refractivity contribution in [2.75, 3.05) is 25.1 Å². The quantitative estimate of drug-likeness (QED) is 0.677. The summed E-state index contributed by atoms with van der Waals surface area (Å²) < 4.78 is 63.4. The maximum atomic E-state index is 12.9. The second-order valence-corrected chi connectivity index (χ2v) is 9.20. The van der Waals surface area contributed by atoms with Crippen LogP contribution in [0.4, 0.5) is 4.39 Å². The molecular formula is C14H23FN2O4S2. The molecule has 6 nitrogen and oxygen atoms in total. The fourth-order valence-electron chi connectivity index (χ4n) is 1.89. The number of rotatable bonds is 10. The molecule has 0 spiro atoms. The van der Waals surface area contributed by atoms with E-state index in [2.05, 4.69) is 4.72 Å². The van der Waals surface area contributed by atoms with Crippen LogP contribution in [0.5, 0.6) is 0 Å². The third kappa shape index (κ3) is 7.87. The first-order valence-electron chi connectivity index (χ1n) is 7.31. The van der Waals surface area contributed by atoms with Crippen LogP contribution in [0.2, 0.25) is 0 Å². The van der Waals surface area contributed by atoms with Gasteiger partial charge in [-0.2, -0.15) is 4.31 Å². The first kappa shape index (κ1) is 20.0. The summed E-state index contributed by atoms with van der Waals surface area (Å²) in [7, 11) is -6.89. The molecule has 1 rings (SSSR count). The van der Waals surface area contributed by atoms with Crippen molar-refractivity contribution < 1.29 is 21.2 Å². The second-order valence-electron chi connectivity index (χ2n) is 5.29. The Balaban J connectivity index is 2.65. The van der Waals surface area contributed by atoms with Gasteiger partial charge in [0, 0.05) is 19.6 Å². The van der Waals surface area contributed by atoms with Crippen molar-refractivity contribution in [3.63, 3.8) is 0 Å². The molecule has 0 amide bonds. The highest BCUT2D eigenvalue weighted by Gasteiger charge is 2.18. The van der Waals surface area contributed by atoms with Crippen molar-refractivity contribution in [3.05, 3.63) is 35.6 Å². The summed E-state index contributed by atoms with van der Waals surface area (Å²) >= 11 is 0. The third-order valence-corrected chi connectivity index (χ3v) is 5.91. The van der Waals surface area contributed by atoms with Gasteiger partial charge in [-0.25, -0.2) is 25.9 Å². The second kappa shape index (κ2) is 8.72. The van der Waals surface area contributed by atoms with Gasteiger partial charge in [0.1, 0.15) is 5.82 Å². The first-order valence-corrected chi connectivity index (χ1v) is 10.8. The van der Waals surface area contributed by atoms with Crippen molar-refractivity contribution in [2.24, 2.45) is 0 Å². The van der Waals surface area contributed by atoms with E-state index in [9.17, 15) is 21.2 Å². The summed E-state index contributed by atoms with van der Waals surface area (Å²) in [6.45, 7) is 1.97. The number of unbranched alkanes of at least 4 members (excludes halogenated alkanes) is 1. The third-order valence-electron chi connectivity index (χ3n) is 3.19. The number of nitrogens with one attached hydrogen (secondary N) is 1. The van der Waals surface area contributed by atoms with Crippen LogP contribution in [0.3, 0.4) is 0 Å². The largest absolute Gasteiger partial charge is 0.214 e. The SMILES string of the molecule is CCCCS(=O)(=O)NCCN(Cc1ccc(F)cc1)S(C)(=O)=O. The molecule has 1 N–H and O–H groups in total. The minimum Gasteiger partial charge on any atom is -0.214 e. The molecule has 0 atom stereocenters. The Hall–Kier alpha value is -1.03. The summed E-state index contributed by atoms with van der Waals surface area (Å²) in [5.41, 5.74) is 0.630. The molecule has 0 bridgehead atoms. The van der Waals surface area contributed by atoms with Gasteiger partial charge in [-0.3, -0.25) is 0 Å². The molecule has 0 saturated carbocycles. The minimum absolute atomic E-state index is 0.000310. The fourth-order valence-corrected chi connectivity index (χ4v) is 3.91. The Kier molecular flexibility index (Phi) is 7.59. The summed E-state index contributed by atoms with van der Waals surface area (Å²) in [6.07, 6.45) is 2.38. The topological polar surface area (TPSA) is 83.6 Å². The van der Waals surface area contributed by atoms with E-state index in [1.165, 1.54) is 24.3 Å². The van der Waals surface area contributed by atoms with Crippen LogP contribution in [-0.4, -0.2) is 46.2 Å². The molecule has 0 fully saturated rings. The van der Waals surface area contributed by atoms with Gasteiger partial charge < -0.3 is 0 Å². The molecule has 0 aromatic heterocycles. The Bertz CT molecular complexity index is 688. The lowest BCUT2D eigenvalue weighted by atomic mass is 10.2. The van der Waals surface area contributed by atoms with Gasteiger partial charge in [0.25, 0.3) is 0 Å². The fraction of sp³-hybridized carbons (Fsp3) is 0.571. The highest BCUT2D eigenvalue weighted by molar-refractivity contribution is 7.89. The maximum Gasteiger partial charge on any atom is 0.211 e. The molecule has 0 aliphatic rings. The molecule has 0 aliphatic heterocycles. The van der Waals surface area contributed by atoms with E-state index in [1.54, 1.807) is 0 Å². The van der Waals surface area contributed by atoms with E-state index in [4.69, 9.17) is 0 Å². The van der Waals surface area contributed by atoms with Crippen LogP contribution in [-0.2, 0) is 26.6 Å². The molecule has 0 saturated heterocycles. The van der Waals surface area contributed by atoms with Crippen molar-refractivity contribution in [1.29, 1.82) is 0 Å². The minimum atomic E-state index is -3.50. The van der Waals surface area contributed by atoms with E-state index < -0.39 is 25.9 Å².